The highest BCUT2D eigenvalue weighted by molar-refractivity contribution is 5.95. The number of benzene rings is 1. The van der Waals surface area contributed by atoms with E-state index in [9.17, 15) is 4.79 Å². The van der Waals surface area contributed by atoms with E-state index in [2.05, 4.69) is 36.2 Å². The molecule has 0 saturated heterocycles. The zero-order valence-electron chi connectivity index (χ0n) is 12.8. The van der Waals surface area contributed by atoms with E-state index in [-0.39, 0.29) is 5.91 Å². The van der Waals surface area contributed by atoms with Gasteiger partial charge in [0.15, 0.2) is 0 Å². The lowest BCUT2D eigenvalue weighted by Gasteiger charge is -2.18. The van der Waals surface area contributed by atoms with Gasteiger partial charge in [-0.3, -0.25) is 9.78 Å². The van der Waals surface area contributed by atoms with Crippen LogP contribution in [0.3, 0.4) is 0 Å². The molecule has 1 amide bonds. The van der Waals surface area contributed by atoms with E-state index in [1.807, 2.05) is 6.92 Å². The van der Waals surface area contributed by atoms with Gasteiger partial charge in [0.05, 0.1) is 23.1 Å². The SMILES string of the molecule is CCc1ccc(CN(C)C(=O)c2cc(N)cnc2C)cc1. The third-order valence-corrected chi connectivity index (χ3v) is 3.54. The maximum absolute atomic E-state index is 12.5. The topological polar surface area (TPSA) is 59.2 Å². The van der Waals surface area contributed by atoms with E-state index < -0.39 is 0 Å². The number of rotatable bonds is 4. The van der Waals surface area contributed by atoms with Gasteiger partial charge in [-0.05, 0) is 30.5 Å². The van der Waals surface area contributed by atoms with Crippen molar-refractivity contribution >= 4 is 11.6 Å². The molecule has 0 aliphatic rings. The van der Waals surface area contributed by atoms with Crippen molar-refractivity contribution in [2.24, 2.45) is 0 Å². The van der Waals surface area contributed by atoms with Crippen LogP contribution in [0, 0.1) is 6.92 Å². The maximum atomic E-state index is 12.5. The molecule has 2 aromatic rings. The Bertz CT molecular complexity index is 635. The minimum Gasteiger partial charge on any atom is -0.397 e. The van der Waals surface area contributed by atoms with Gasteiger partial charge < -0.3 is 10.6 Å². The highest BCUT2D eigenvalue weighted by atomic mass is 16.2. The third kappa shape index (κ3) is 3.60. The zero-order chi connectivity index (χ0) is 15.4. The summed E-state index contributed by atoms with van der Waals surface area (Å²) in [4.78, 5) is 18.3. The summed E-state index contributed by atoms with van der Waals surface area (Å²) in [6.07, 6.45) is 2.58. The van der Waals surface area contributed by atoms with E-state index in [1.54, 1.807) is 24.2 Å². The zero-order valence-corrected chi connectivity index (χ0v) is 12.8. The van der Waals surface area contributed by atoms with Crippen molar-refractivity contribution in [2.45, 2.75) is 26.8 Å². The summed E-state index contributed by atoms with van der Waals surface area (Å²) in [5.41, 5.74) is 9.88. The molecule has 0 aliphatic heterocycles. The van der Waals surface area contributed by atoms with E-state index in [0.29, 0.717) is 23.5 Å². The number of pyridine rings is 1. The molecule has 0 saturated carbocycles. The van der Waals surface area contributed by atoms with Gasteiger partial charge in [-0.2, -0.15) is 0 Å². The van der Waals surface area contributed by atoms with Gasteiger partial charge in [0.1, 0.15) is 0 Å². The number of carbonyl (C=O) groups excluding carboxylic acids is 1. The third-order valence-electron chi connectivity index (χ3n) is 3.54. The standard InChI is InChI=1S/C17H21N3O/c1-4-13-5-7-14(8-6-13)11-20(3)17(21)16-9-15(18)10-19-12(16)2/h5-10H,4,11,18H2,1-3H3. The number of hydrogen-bond donors (Lipinski definition) is 1. The fourth-order valence-electron chi connectivity index (χ4n) is 2.20. The fraction of sp³-hybridized carbons (Fsp3) is 0.294. The summed E-state index contributed by atoms with van der Waals surface area (Å²) in [6.45, 7) is 4.51. The lowest BCUT2D eigenvalue weighted by Crippen LogP contribution is -2.27. The number of aromatic nitrogens is 1. The second-order valence-corrected chi connectivity index (χ2v) is 5.23. The Hall–Kier alpha value is -2.36. The van der Waals surface area contributed by atoms with Crippen LogP contribution in [0.4, 0.5) is 5.69 Å². The molecule has 0 aliphatic carbocycles. The van der Waals surface area contributed by atoms with Crippen LogP contribution in [0.2, 0.25) is 0 Å². The van der Waals surface area contributed by atoms with Crippen LogP contribution in [0.25, 0.3) is 0 Å². The quantitative estimate of drug-likeness (QED) is 0.938. The van der Waals surface area contributed by atoms with Crippen molar-refractivity contribution in [3.63, 3.8) is 0 Å². The van der Waals surface area contributed by atoms with Gasteiger partial charge in [0, 0.05) is 13.6 Å². The average Bonchev–Trinajstić information content (AvgIpc) is 2.49. The molecule has 2 N–H and O–H groups in total. The first-order valence-electron chi connectivity index (χ1n) is 7.06. The van der Waals surface area contributed by atoms with Crippen molar-refractivity contribution in [3.05, 3.63) is 58.9 Å². The molecule has 110 valence electrons. The lowest BCUT2D eigenvalue weighted by molar-refractivity contribution is 0.0784. The van der Waals surface area contributed by atoms with Gasteiger partial charge in [0.2, 0.25) is 0 Å². The molecule has 1 heterocycles. The lowest BCUT2D eigenvalue weighted by atomic mass is 10.1. The molecule has 0 atom stereocenters. The first-order chi connectivity index (χ1) is 10.0. The predicted octanol–water partition coefficient (Wildman–Crippen LogP) is 2.81. The van der Waals surface area contributed by atoms with Crippen molar-refractivity contribution in [1.29, 1.82) is 0 Å². The Morgan fingerprint density at radius 1 is 1.24 bits per heavy atom. The highest BCUT2D eigenvalue weighted by Crippen LogP contribution is 2.14. The first-order valence-corrected chi connectivity index (χ1v) is 7.06. The number of nitrogen functional groups attached to an aromatic ring is 1. The minimum absolute atomic E-state index is 0.0631. The summed E-state index contributed by atoms with van der Waals surface area (Å²) >= 11 is 0. The van der Waals surface area contributed by atoms with Crippen LogP contribution in [-0.4, -0.2) is 22.8 Å². The van der Waals surface area contributed by atoms with Crippen LogP contribution >= 0.6 is 0 Å². The van der Waals surface area contributed by atoms with Crippen LogP contribution < -0.4 is 5.73 Å². The fourth-order valence-corrected chi connectivity index (χ4v) is 2.20. The Labute approximate surface area is 125 Å². The molecule has 1 aromatic heterocycles. The molecule has 21 heavy (non-hydrogen) atoms. The Kier molecular flexibility index (Phi) is 4.58. The summed E-state index contributed by atoms with van der Waals surface area (Å²) in [5.74, 6) is -0.0631. The van der Waals surface area contributed by atoms with Crippen LogP contribution in [0.5, 0.6) is 0 Å². The van der Waals surface area contributed by atoms with Crippen molar-refractivity contribution in [3.8, 4) is 0 Å². The average molecular weight is 283 g/mol. The molecule has 0 fully saturated rings. The summed E-state index contributed by atoms with van der Waals surface area (Å²) < 4.78 is 0. The number of aryl methyl sites for hydroxylation is 2. The second-order valence-electron chi connectivity index (χ2n) is 5.23. The molecule has 0 bridgehead atoms. The number of nitrogens with two attached hydrogens (primary N) is 1. The van der Waals surface area contributed by atoms with E-state index in [0.717, 1.165) is 12.0 Å². The number of nitrogens with zero attached hydrogens (tertiary/aromatic N) is 2. The van der Waals surface area contributed by atoms with E-state index in [4.69, 9.17) is 5.73 Å². The largest absolute Gasteiger partial charge is 0.397 e. The molecule has 0 radical (unpaired) electrons. The van der Waals surface area contributed by atoms with Gasteiger partial charge in [-0.25, -0.2) is 0 Å². The Morgan fingerprint density at radius 2 is 1.86 bits per heavy atom. The Balaban J connectivity index is 2.13. The van der Waals surface area contributed by atoms with Crippen molar-refractivity contribution in [2.75, 3.05) is 12.8 Å². The number of anilines is 1. The van der Waals surface area contributed by atoms with Gasteiger partial charge in [0.25, 0.3) is 5.91 Å². The van der Waals surface area contributed by atoms with Crippen LogP contribution in [0.15, 0.2) is 36.5 Å². The molecular formula is C17H21N3O. The number of hydrogen-bond acceptors (Lipinski definition) is 3. The van der Waals surface area contributed by atoms with Crippen molar-refractivity contribution in [1.82, 2.24) is 9.88 Å². The number of amides is 1. The number of carbonyl (C=O) groups is 1. The summed E-state index contributed by atoms with van der Waals surface area (Å²) in [7, 11) is 1.79. The molecule has 2 rings (SSSR count). The van der Waals surface area contributed by atoms with Gasteiger partial charge in [-0.15, -0.1) is 0 Å². The highest BCUT2D eigenvalue weighted by Gasteiger charge is 2.15. The second kappa shape index (κ2) is 6.39. The normalized spacial score (nSPS) is 10.4. The van der Waals surface area contributed by atoms with Crippen molar-refractivity contribution < 1.29 is 4.79 Å². The predicted molar refractivity (Wildman–Crippen MR) is 85.0 cm³/mol. The molecular weight excluding hydrogens is 262 g/mol. The summed E-state index contributed by atoms with van der Waals surface area (Å²) in [6, 6.07) is 10.0. The van der Waals surface area contributed by atoms with Crippen LogP contribution in [0.1, 0.15) is 34.1 Å². The van der Waals surface area contributed by atoms with Gasteiger partial charge >= 0.3 is 0 Å². The molecule has 4 heteroatoms. The maximum Gasteiger partial charge on any atom is 0.255 e. The van der Waals surface area contributed by atoms with Crippen LogP contribution in [-0.2, 0) is 13.0 Å². The molecule has 0 spiro atoms. The smallest absolute Gasteiger partial charge is 0.255 e. The summed E-state index contributed by atoms with van der Waals surface area (Å²) in [5, 5.41) is 0. The minimum atomic E-state index is -0.0631. The molecule has 0 unspecified atom stereocenters. The monoisotopic (exact) mass is 283 g/mol. The molecule has 1 aromatic carbocycles. The van der Waals surface area contributed by atoms with Gasteiger partial charge in [-0.1, -0.05) is 31.2 Å². The Morgan fingerprint density at radius 3 is 2.48 bits per heavy atom. The first kappa shape index (κ1) is 15.0. The van der Waals surface area contributed by atoms with E-state index in [1.165, 1.54) is 5.56 Å². The van der Waals surface area contributed by atoms with E-state index >= 15 is 0 Å². The molecule has 4 nitrogen and oxygen atoms in total.